The Morgan fingerprint density at radius 1 is 1.00 bits per heavy atom. The molecule has 0 unspecified atom stereocenters. The van der Waals surface area contributed by atoms with Crippen molar-refractivity contribution in [3.05, 3.63) is 25.3 Å². The fourth-order valence-corrected chi connectivity index (χ4v) is 2.90. The summed E-state index contributed by atoms with van der Waals surface area (Å²) in [6.45, 7) is 13.9. The van der Waals surface area contributed by atoms with Crippen molar-refractivity contribution < 1.29 is 0 Å². The second-order valence-electron chi connectivity index (χ2n) is 4.47. The molecule has 3 aliphatic heterocycles. The predicted octanol–water partition coefficient (Wildman–Crippen LogP) is 1.51. The summed E-state index contributed by atoms with van der Waals surface area (Å²) >= 11 is 0. The van der Waals surface area contributed by atoms with Gasteiger partial charge in [-0.15, -0.1) is 13.2 Å². The summed E-state index contributed by atoms with van der Waals surface area (Å²) in [5.74, 6) is 0. The number of piperazine rings is 3. The highest BCUT2D eigenvalue weighted by atomic mass is 15.4. The Bertz CT molecular complexity index is 216. The molecule has 0 amide bonds. The van der Waals surface area contributed by atoms with E-state index < -0.39 is 0 Å². The van der Waals surface area contributed by atoms with Crippen molar-refractivity contribution in [1.29, 1.82) is 0 Å². The van der Waals surface area contributed by atoms with Gasteiger partial charge in [-0.05, 0) is 12.8 Å². The van der Waals surface area contributed by atoms with Crippen LogP contribution in [0.5, 0.6) is 0 Å². The lowest BCUT2D eigenvalue weighted by Gasteiger charge is -2.55. The van der Waals surface area contributed by atoms with Gasteiger partial charge in [-0.25, -0.2) is 0 Å². The zero-order chi connectivity index (χ0) is 10.0. The zero-order valence-corrected chi connectivity index (χ0v) is 8.91. The lowest BCUT2D eigenvalue weighted by Crippen LogP contribution is -2.68. The molecule has 3 aliphatic rings. The van der Waals surface area contributed by atoms with Gasteiger partial charge < -0.3 is 0 Å². The van der Waals surface area contributed by atoms with E-state index in [2.05, 4.69) is 35.1 Å². The maximum atomic E-state index is 3.89. The summed E-state index contributed by atoms with van der Waals surface area (Å²) < 4.78 is 0. The van der Waals surface area contributed by atoms with Gasteiger partial charge in [0.2, 0.25) is 0 Å². The van der Waals surface area contributed by atoms with Crippen molar-refractivity contribution in [2.45, 2.75) is 18.4 Å². The van der Waals surface area contributed by atoms with Gasteiger partial charge in [0, 0.05) is 38.3 Å². The second-order valence-corrected chi connectivity index (χ2v) is 4.47. The first-order valence-corrected chi connectivity index (χ1v) is 5.50. The third-order valence-electron chi connectivity index (χ3n) is 3.61. The van der Waals surface area contributed by atoms with Crippen LogP contribution in [0.2, 0.25) is 0 Å². The van der Waals surface area contributed by atoms with Crippen LogP contribution in [-0.2, 0) is 0 Å². The molecule has 2 nitrogen and oxygen atoms in total. The molecule has 0 saturated carbocycles. The molecule has 0 aliphatic carbocycles. The first-order chi connectivity index (χ1) is 6.80. The van der Waals surface area contributed by atoms with Crippen molar-refractivity contribution >= 4 is 0 Å². The predicted molar refractivity (Wildman–Crippen MR) is 60.4 cm³/mol. The minimum atomic E-state index is 0.319. The van der Waals surface area contributed by atoms with Crippen LogP contribution in [-0.4, -0.2) is 48.1 Å². The molecule has 2 bridgehead atoms. The Balaban J connectivity index is 2.16. The third kappa shape index (κ3) is 1.53. The highest BCUT2D eigenvalue weighted by Gasteiger charge is 2.42. The number of fused-ring (bicyclic) bond motifs is 3. The van der Waals surface area contributed by atoms with Crippen molar-refractivity contribution in [2.24, 2.45) is 0 Å². The van der Waals surface area contributed by atoms with Crippen LogP contribution in [0, 0.1) is 0 Å². The largest absolute Gasteiger partial charge is 0.299 e. The van der Waals surface area contributed by atoms with E-state index in [1.54, 1.807) is 0 Å². The van der Waals surface area contributed by atoms with Gasteiger partial charge in [-0.2, -0.15) is 0 Å². The fraction of sp³-hybridized carbons (Fsp3) is 0.667. The van der Waals surface area contributed by atoms with Crippen molar-refractivity contribution in [1.82, 2.24) is 9.80 Å². The van der Waals surface area contributed by atoms with E-state index in [0.717, 1.165) is 12.8 Å². The van der Waals surface area contributed by atoms with E-state index >= 15 is 0 Å². The minimum absolute atomic E-state index is 0.319. The summed E-state index contributed by atoms with van der Waals surface area (Å²) in [5, 5.41) is 0. The zero-order valence-electron chi connectivity index (χ0n) is 8.91. The number of nitrogens with zero attached hydrogens (tertiary/aromatic N) is 2. The van der Waals surface area contributed by atoms with E-state index in [0.29, 0.717) is 5.54 Å². The molecule has 0 radical (unpaired) electrons. The topological polar surface area (TPSA) is 6.48 Å². The minimum Gasteiger partial charge on any atom is -0.299 e. The Morgan fingerprint density at radius 3 is 1.93 bits per heavy atom. The van der Waals surface area contributed by atoms with Gasteiger partial charge in [0.05, 0.1) is 0 Å². The van der Waals surface area contributed by atoms with Gasteiger partial charge in [0.25, 0.3) is 0 Å². The Morgan fingerprint density at radius 2 is 1.57 bits per heavy atom. The van der Waals surface area contributed by atoms with E-state index in [9.17, 15) is 0 Å². The average Bonchev–Trinajstić information content (AvgIpc) is 2.20. The van der Waals surface area contributed by atoms with E-state index in [1.807, 2.05) is 0 Å². The fourth-order valence-electron chi connectivity index (χ4n) is 2.90. The maximum absolute atomic E-state index is 3.89. The molecule has 3 rings (SSSR count). The smallest absolute Gasteiger partial charge is 0.0405 e. The first kappa shape index (κ1) is 9.94. The van der Waals surface area contributed by atoms with Crippen LogP contribution in [0.4, 0.5) is 0 Å². The number of rotatable bonds is 4. The standard InChI is InChI=1S/C12H20N2/c1-3-5-12(6-4-2)11-13-7-9-14(12)10-8-13/h3-4H,1-2,5-11H2. The van der Waals surface area contributed by atoms with Crippen LogP contribution in [0.25, 0.3) is 0 Å². The summed E-state index contributed by atoms with van der Waals surface area (Å²) in [6.07, 6.45) is 6.31. The molecular formula is C12H20N2. The molecule has 0 N–H and O–H groups in total. The third-order valence-corrected chi connectivity index (χ3v) is 3.61. The Hall–Kier alpha value is -0.600. The maximum Gasteiger partial charge on any atom is 0.0405 e. The molecule has 0 aromatic carbocycles. The average molecular weight is 192 g/mol. The Kier molecular flexibility index (Phi) is 2.75. The van der Waals surface area contributed by atoms with E-state index in [-0.39, 0.29) is 0 Å². The van der Waals surface area contributed by atoms with E-state index in [4.69, 9.17) is 0 Å². The molecule has 0 spiro atoms. The van der Waals surface area contributed by atoms with E-state index in [1.165, 1.54) is 32.7 Å². The lowest BCUT2D eigenvalue weighted by molar-refractivity contribution is -0.0514. The summed E-state index contributed by atoms with van der Waals surface area (Å²) in [7, 11) is 0. The van der Waals surface area contributed by atoms with Gasteiger partial charge >= 0.3 is 0 Å². The monoisotopic (exact) mass is 192 g/mol. The normalized spacial score (nSPS) is 34.0. The van der Waals surface area contributed by atoms with Crippen LogP contribution < -0.4 is 0 Å². The first-order valence-electron chi connectivity index (χ1n) is 5.50. The van der Waals surface area contributed by atoms with Gasteiger partial charge in [-0.3, -0.25) is 9.80 Å². The van der Waals surface area contributed by atoms with Crippen LogP contribution in [0.3, 0.4) is 0 Å². The molecule has 3 fully saturated rings. The molecule has 14 heavy (non-hydrogen) atoms. The molecule has 78 valence electrons. The Labute approximate surface area is 86.9 Å². The molecule has 3 saturated heterocycles. The van der Waals surface area contributed by atoms with Crippen LogP contribution >= 0.6 is 0 Å². The summed E-state index contributed by atoms with van der Waals surface area (Å²) in [5.41, 5.74) is 0.319. The molecular weight excluding hydrogens is 172 g/mol. The summed E-state index contributed by atoms with van der Waals surface area (Å²) in [6, 6.07) is 0. The van der Waals surface area contributed by atoms with Gasteiger partial charge in [-0.1, -0.05) is 12.2 Å². The highest BCUT2D eigenvalue weighted by molar-refractivity contribution is 5.06. The quantitative estimate of drug-likeness (QED) is 0.623. The molecule has 3 heterocycles. The molecule has 0 atom stereocenters. The van der Waals surface area contributed by atoms with Crippen molar-refractivity contribution in [3.8, 4) is 0 Å². The lowest BCUT2D eigenvalue weighted by atomic mass is 9.84. The van der Waals surface area contributed by atoms with Crippen LogP contribution in [0.15, 0.2) is 25.3 Å². The summed E-state index contributed by atoms with van der Waals surface area (Å²) in [4.78, 5) is 5.21. The molecule has 2 heteroatoms. The van der Waals surface area contributed by atoms with Crippen LogP contribution in [0.1, 0.15) is 12.8 Å². The second kappa shape index (κ2) is 3.87. The van der Waals surface area contributed by atoms with Gasteiger partial charge in [0.1, 0.15) is 0 Å². The molecule has 0 aromatic rings. The highest BCUT2D eigenvalue weighted by Crippen LogP contribution is 2.32. The van der Waals surface area contributed by atoms with Gasteiger partial charge in [0.15, 0.2) is 0 Å². The SMILES string of the molecule is C=CCC1(CC=C)CN2CCN1CC2. The molecule has 0 aromatic heterocycles. The van der Waals surface area contributed by atoms with Crippen molar-refractivity contribution in [2.75, 3.05) is 32.7 Å². The number of hydrogen-bond donors (Lipinski definition) is 0. The van der Waals surface area contributed by atoms with Crippen molar-refractivity contribution in [3.63, 3.8) is 0 Å². The number of hydrogen-bond acceptors (Lipinski definition) is 2.